The molecule has 1 aliphatic heterocycles. The number of hydrogen-bond acceptors (Lipinski definition) is 3. The fraction of sp³-hybridized carbons (Fsp3) is 0.0833. The molecule has 0 atom stereocenters. The molecular formula is C12H10N2S2. The molecule has 0 fully saturated rings. The summed E-state index contributed by atoms with van der Waals surface area (Å²) in [5.41, 5.74) is 2.27. The van der Waals surface area contributed by atoms with E-state index >= 15 is 0 Å². The van der Waals surface area contributed by atoms with Crippen molar-refractivity contribution in [1.82, 2.24) is 0 Å². The molecule has 0 aliphatic carbocycles. The van der Waals surface area contributed by atoms with Gasteiger partial charge in [-0.3, -0.25) is 0 Å². The van der Waals surface area contributed by atoms with E-state index in [9.17, 15) is 0 Å². The Morgan fingerprint density at radius 2 is 2.00 bits per heavy atom. The number of anilines is 2. The maximum absolute atomic E-state index is 5.51. The Balaban J connectivity index is 1.99. The first-order valence-corrected chi connectivity index (χ1v) is 6.33. The van der Waals surface area contributed by atoms with E-state index in [0.29, 0.717) is 0 Å². The molecule has 2 aromatic rings. The molecule has 1 N–H and O–H groups in total. The van der Waals surface area contributed by atoms with Crippen LogP contribution in [0.4, 0.5) is 10.7 Å². The van der Waals surface area contributed by atoms with Crippen molar-refractivity contribution in [3.63, 3.8) is 0 Å². The van der Waals surface area contributed by atoms with Gasteiger partial charge in [-0.25, -0.2) is 0 Å². The van der Waals surface area contributed by atoms with Crippen LogP contribution >= 0.6 is 23.6 Å². The fourth-order valence-corrected chi connectivity index (χ4v) is 2.98. The van der Waals surface area contributed by atoms with Crippen molar-refractivity contribution in [1.29, 1.82) is 0 Å². The molecule has 80 valence electrons. The smallest absolute Gasteiger partial charge is 0.118 e. The Morgan fingerprint density at radius 1 is 1.19 bits per heavy atom. The Bertz CT molecular complexity index is 519. The quantitative estimate of drug-likeness (QED) is 0.777. The Hall–Kier alpha value is -1.39. The van der Waals surface area contributed by atoms with Crippen LogP contribution in [0, 0.1) is 0 Å². The zero-order chi connectivity index (χ0) is 11.0. The largest absolute Gasteiger partial charge is 0.359 e. The van der Waals surface area contributed by atoms with Gasteiger partial charge < -0.3 is 10.2 Å². The van der Waals surface area contributed by atoms with E-state index in [1.807, 2.05) is 18.2 Å². The molecule has 2 heterocycles. The van der Waals surface area contributed by atoms with Crippen molar-refractivity contribution in [2.75, 3.05) is 16.9 Å². The van der Waals surface area contributed by atoms with Crippen molar-refractivity contribution in [2.45, 2.75) is 0 Å². The summed E-state index contributed by atoms with van der Waals surface area (Å²) in [4.78, 5) is 3.02. The average molecular weight is 246 g/mol. The Morgan fingerprint density at radius 3 is 2.81 bits per heavy atom. The summed E-state index contributed by atoms with van der Waals surface area (Å²) in [5, 5.41) is 6.62. The normalized spacial score (nSPS) is 14.5. The highest BCUT2D eigenvalue weighted by Gasteiger charge is 2.22. The second-order valence-electron chi connectivity index (χ2n) is 3.57. The molecule has 3 rings (SSSR count). The summed E-state index contributed by atoms with van der Waals surface area (Å²) in [6, 6.07) is 12.3. The van der Waals surface area contributed by atoms with Crippen LogP contribution in [0.3, 0.4) is 0 Å². The van der Waals surface area contributed by atoms with Crippen LogP contribution in [0.15, 0.2) is 41.8 Å². The van der Waals surface area contributed by atoms with E-state index < -0.39 is 0 Å². The van der Waals surface area contributed by atoms with Gasteiger partial charge in [-0.1, -0.05) is 30.4 Å². The first kappa shape index (κ1) is 9.81. The summed E-state index contributed by atoms with van der Waals surface area (Å²) >= 11 is 7.21. The highest BCUT2D eigenvalue weighted by Crippen LogP contribution is 2.30. The van der Waals surface area contributed by atoms with Gasteiger partial charge in [-0.05, 0) is 23.6 Å². The molecule has 0 amide bonds. The van der Waals surface area contributed by atoms with Gasteiger partial charge in [-0.2, -0.15) is 0 Å². The van der Waals surface area contributed by atoms with E-state index in [1.54, 1.807) is 11.3 Å². The zero-order valence-corrected chi connectivity index (χ0v) is 10.1. The zero-order valence-electron chi connectivity index (χ0n) is 8.51. The summed E-state index contributed by atoms with van der Waals surface area (Å²) in [7, 11) is 0. The predicted molar refractivity (Wildman–Crippen MR) is 73.4 cm³/mol. The molecule has 4 heteroatoms. The molecule has 1 aromatic carbocycles. The summed E-state index contributed by atoms with van der Waals surface area (Å²) in [5.74, 6) is 0. The Kier molecular flexibility index (Phi) is 2.38. The Labute approximate surface area is 104 Å². The molecule has 0 saturated carbocycles. The van der Waals surface area contributed by atoms with E-state index in [-0.39, 0.29) is 0 Å². The van der Waals surface area contributed by atoms with Crippen LogP contribution < -0.4 is 10.2 Å². The van der Waals surface area contributed by atoms with Crippen LogP contribution in [-0.4, -0.2) is 11.7 Å². The van der Waals surface area contributed by atoms with Gasteiger partial charge in [-0.15, -0.1) is 11.3 Å². The topological polar surface area (TPSA) is 15.3 Å². The number of hydrogen-bond donors (Lipinski definition) is 1. The maximum Gasteiger partial charge on any atom is 0.118 e. The lowest BCUT2D eigenvalue weighted by Gasteiger charge is -2.30. The molecule has 0 saturated heterocycles. The first-order valence-electron chi connectivity index (χ1n) is 5.04. The molecule has 16 heavy (non-hydrogen) atoms. The minimum Gasteiger partial charge on any atom is -0.359 e. The number of thiophene rings is 1. The van der Waals surface area contributed by atoms with Crippen LogP contribution in [0.1, 0.15) is 5.56 Å². The summed E-state index contributed by atoms with van der Waals surface area (Å²) < 4.78 is 0. The molecule has 0 spiro atoms. The average Bonchev–Trinajstić information content (AvgIpc) is 2.80. The van der Waals surface area contributed by atoms with Crippen molar-refractivity contribution < 1.29 is 0 Å². The minimum absolute atomic E-state index is 0.746. The van der Waals surface area contributed by atoms with E-state index in [0.717, 1.165) is 22.9 Å². The fourth-order valence-electron chi connectivity index (χ4n) is 1.80. The highest BCUT2D eigenvalue weighted by atomic mass is 32.1. The lowest BCUT2D eigenvalue weighted by atomic mass is 10.2. The van der Waals surface area contributed by atoms with Crippen molar-refractivity contribution in [3.8, 4) is 0 Å². The number of thiocarbonyl (C=S) groups is 1. The molecule has 2 nitrogen and oxygen atoms in total. The van der Waals surface area contributed by atoms with Crippen LogP contribution in [0.25, 0.3) is 0 Å². The number of fused-ring (bicyclic) bond motifs is 1. The third kappa shape index (κ3) is 1.50. The summed E-state index contributed by atoms with van der Waals surface area (Å²) in [6.07, 6.45) is 0. The predicted octanol–water partition coefficient (Wildman–Crippen LogP) is 3.31. The SMILES string of the molecule is S=C1c2ccsc2NCN1c1ccccc1. The third-order valence-corrected chi connectivity index (χ3v) is 3.92. The van der Waals surface area contributed by atoms with Crippen molar-refractivity contribution in [2.24, 2.45) is 0 Å². The van der Waals surface area contributed by atoms with Crippen LogP contribution in [0.2, 0.25) is 0 Å². The van der Waals surface area contributed by atoms with Gasteiger partial charge in [0.05, 0.1) is 11.7 Å². The lowest BCUT2D eigenvalue weighted by Crippen LogP contribution is -2.38. The number of nitrogens with one attached hydrogen (secondary N) is 1. The molecule has 0 unspecified atom stereocenters. The molecular weight excluding hydrogens is 236 g/mol. The molecule has 1 aliphatic rings. The second-order valence-corrected chi connectivity index (χ2v) is 4.87. The summed E-state index contributed by atoms with van der Waals surface area (Å²) in [6.45, 7) is 0.746. The molecule has 0 bridgehead atoms. The van der Waals surface area contributed by atoms with Crippen LogP contribution in [-0.2, 0) is 0 Å². The van der Waals surface area contributed by atoms with Crippen LogP contribution in [0.5, 0.6) is 0 Å². The monoisotopic (exact) mass is 246 g/mol. The van der Waals surface area contributed by atoms with Gasteiger partial charge in [0.15, 0.2) is 0 Å². The second kappa shape index (κ2) is 3.88. The minimum atomic E-state index is 0.746. The molecule has 1 aromatic heterocycles. The van der Waals surface area contributed by atoms with Crippen molar-refractivity contribution in [3.05, 3.63) is 47.3 Å². The van der Waals surface area contributed by atoms with Gasteiger partial charge in [0, 0.05) is 11.3 Å². The number of nitrogens with zero attached hydrogens (tertiary/aromatic N) is 1. The highest BCUT2D eigenvalue weighted by molar-refractivity contribution is 7.81. The number of para-hydroxylation sites is 1. The maximum atomic E-state index is 5.51. The van der Waals surface area contributed by atoms with Gasteiger partial charge in [0.1, 0.15) is 4.99 Å². The van der Waals surface area contributed by atoms with E-state index in [1.165, 1.54) is 5.00 Å². The van der Waals surface area contributed by atoms with E-state index in [2.05, 4.69) is 33.8 Å². The van der Waals surface area contributed by atoms with Gasteiger partial charge in [0.2, 0.25) is 0 Å². The van der Waals surface area contributed by atoms with Crippen molar-refractivity contribution >= 4 is 39.2 Å². The van der Waals surface area contributed by atoms with Gasteiger partial charge >= 0.3 is 0 Å². The van der Waals surface area contributed by atoms with E-state index in [4.69, 9.17) is 12.2 Å². The third-order valence-electron chi connectivity index (χ3n) is 2.61. The molecule has 0 radical (unpaired) electrons. The first-order chi connectivity index (χ1) is 7.86. The number of benzene rings is 1. The lowest BCUT2D eigenvalue weighted by molar-refractivity contribution is 1.07. The standard InChI is InChI=1S/C12H10N2S2/c15-12-10-6-7-16-11(10)13-8-14(12)9-4-2-1-3-5-9/h1-7,13H,8H2. The van der Waals surface area contributed by atoms with Gasteiger partial charge in [0.25, 0.3) is 0 Å². The number of rotatable bonds is 1.